The first-order valence-electron chi connectivity index (χ1n) is 7.88. The van der Waals surface area contributed by atoms with E-state index in [1.807, 2.05) is 35.2 Å². The lowest BCUT2D eigenvalue weighted by molar-refractivity contribution is -0.132. The van der Waals surface area contributed by atoms with Crippen LogP contribution in [0, 0.1) is 5.92 Å². The van der Waals surface area contributed by atoms with Crippen LogP contribution in [-0.4, -0.2) is 34.0 Å². The Morgan fingerprint density at radius 3 is 2.73 bits per heavy atom. The molecule has 116 valence electrons. The van der Waals surface area contributed by atoms with Crippen LogP contribution in [0.3, 0.4) is 0 Å². The van der Waals surface area contributed by atoms with Gasteiger partial charge in [-0.05, 0) is 18.8 Å². The molecule has 1 aliphatic heterocycles. The second-order valence-electron chi connectivity index (χ2n) is 5.94. The normalized spacial score (nSPS) is 16.0. The molecule has 1 saturated heterocycles. The van der Waals surface area contributed by atoms with E-state index in [4.69, 9.17) is 4.52 Å². The van der Waals surface area contributed by atoms with Crippen LogP contribution in [0.4, 0.5) is 0 Å². The highest BCUT2D eigenvalue weighted by atomic mass is 16.5. The van der Waals surface area contributed by atoms with Gasteiger partial charge in [-0.1, -0.05) is 42.4 Å². The highest BCUT2D eigenvalue weighted by molar-refractivity contribution is 5.76. The molecule has 2 heterocycles. The minimum atomic E-state index is 0.186. The maximum Gasteiger partial charge on any atom is 0.227 e. The van der Waals surface area contributed by atoms with Crippen LogP contribution in [0.15, 0.2) is 34.9 Å². The van der Waals surface area contributed by atoms with Crippen LogP contribution < -0.4 is 0 Å². The molecule has 0 saturated carbocycles. The highest BCUT2D eigenvalue weighted by Crippen LogP contribution is 2.18. The van der Waals surface area contributed by atoms with E-state index in [2.05, 4.69) is 17.1 Å². The monoisotopic (exact) mass is 299 g/mol. The van der Waals surface area contributed by atoms with Crippen molar-refractivity contribution in [3.63, 3.8) is 0 Å². The zero-order chi connectivity index (χ0) is 15.4. The average molecular weight is 299 g/mol. The number of benzene rings is 1. The molecule has 22 heavy (non-hydrogen) atoms. The van der Waals surface area contributed by atoms with E-state index in [1.54, 1.807) is 0 Å². The molecule has 5 heteroatoms. The Morgan fingerprint density at radius 1 is 1.27 bits per heavy atom. The first-order valence-corrected chi connectivity index (χ1v) is 7.88. The largest absolute Gasteiger partial charge is 0.343 e. The van der Waals surface area contributed by atoms with Gasteiger partial charge >= 0.3 is 0 Å². The Morgan fingerprint density at radius 2 is 2.00 bits per heavy atom. The Hall–Kier alpha value is -2.17. The third-order valence-electron chi connectivity index (χ3n) is 4.19. The van der Waals surface area contributed by atoms with E-state index >= 15 is 0 Å². The summed E-state index contributed by atoms with van der Waals surface area (Å²) < 4.78 is 5.24. The number of aryl methyl sites for hydroxylation is 1. The molecule has 0 radical (unpaired) electrons. The molecule has 5 nitrogen and oxygen atoms in total. The van der Waals surface area contributed by atoms with Crippen molar-refractivity contribution in [2.24, 2.45) is 5.92 Å². The summed E-state index contributed by atoms with van der Waals surface area (Å²) in [7, 11) is 0. The maximum atomic E-state index is 12.2. The van der Waals surface area contributed by atoms with E-state index < -0.39 is 0 Å². The quantitative estimate of drug-likeness (QED) is 0.871. The van der Waals surface area contributed by atoms with Gasteiger partial charge in [0.1, 0.15) is 0 Å². The molecule has 0 unspecified atom stereocenters. The van der Waals surface area contributed by atoms with Crippen molar-refractivity contribution < 1.29 is 9.32 Å². The van der Waals surface area contributed by atoms with Gasteiger partial charge in [0, 0.05) is 31.5 Å². The van der Waals surface area contributed by atoms with Gasteiger partial charge in [-0.15, -0.1) is 0 Å². The lowest BCUT2D eigenvalue weighted by Gasteiger charge is -2.30. The van der Waals surface area contributed by atoms with E-state index in [9.17, 15) is 4.79 Å². The second-order valence-corrected chi connectivity index (χ2v) is 5.94. The summed E-state index contributed by atoms with van der Waals surface area (Å²) in [6.45, 7) is 3.99. The van der Waals surface area contributed by atoms with Gasteiger partial charge < -0.3 is 9.42 Å². The number of likely N-dealkylation sites (tertiary alicyclic amines) is 1. The fourth-order valence-corrected chi connectivity index (χ4v) is 2.69. The summed E-state index contributed by atoms with van der Waals surface area (Å²) in [5.74, 6) is 2.02. The fourth-order valence-electron chi connectivity index (χ4n) is 2.69. The van der Waals surface area contributed by atoms with Gasteiger partial charge in [-0.2, -0.15) is 4.98 Å². The molecule has 1 amide bonds. The lowest BCUT2D eigenvalue weighted by Crippen LogP contribution is -2.38. The molecule has 1 aliphatic rings. The van der Waals surface area contributed by atoms with Gasteiger partial charge in [0.25, 0.3) is 0 Å². The molecular weight excluding hydrogens is 278 g/mol. The minimum Gasteiger partial charge on any atom is -0.343 e. The number of amides is 1. The Bertz CT molecular complexity index is 616. The SMILES string of the molecule is CC1CCN(C(=O)CCc2nc(-c3ccccc3)no2)CC1. The number of hydrogen-bond acceptors (Lipinski definition) is 4. The summed E-state index contributed by atoms with van der Waals surface area (Å²) in [6.07, 6.45) is 3.14. The van der Waals surface area contributed by atoms with Crippen LogP contribution in [-0.2, 0) is 11.2 Å². The molecule has 0 aliphatic carbocycles. The summed E-state index contributed by atoms with van der Waals surface area (Å²) in [4.78, 5) is 18.5. The lowest BCUT2D eigenvalue weighted by atomic mass is 9.99. The van der Waals surface area contributed by atoms with E-state index in [1.165, 1.54) is 0 Å². The van der Waals surface area contributed by atoms with Gasteiger partial charge in [-0.25, -0.2) is 0 Å². The predicted octanol–water partition coefficient (Wildman–Crippen LogP) is 2.93. The first-order chi connectivity index (χ1) is 10.7. The molecule has 2 aromatic rings. The van der Waals surface area contributed by atoms with Crippen LogP contribution in [0.2, 0.25) is 0 Å². The van der Waals surface area contributed by atoms with Crippen molar-refractivity contribution in [1.29, 1.82) is 0 Å². The van der Waals surface area contributed by atoms with Crippen molar-refractivity contribution in [3.05, 3.63) is 36.2 Å². The standard InChI is InChI=1S/C17H21N3O2/c1-13-9-11-20(12-10-13)16(21)8-7-15-18-17(19-22-15)14-5-3-2-4-6-14/h2-6,13H,7-12H2,1H3. The molecule has 3 rings (SSSR count). The van der Waals surface area contributed by atoms with Crippen LogP contribution in [0.1, 0.15) is 32.1 Å². The van der Waals surface area contributed by atoms with Crippen LogP contribution in [0.5, 0.6) is 0 Å². The second kappa shape index (κ2) is 6.73. The van der Waals surface area contributed by atoms with Crippen LogP contribution in [0.25, 0.3) is 11.4 Å². The minimum absolute atomic E-state index is 0.186. The van der Waals surface area contributed by atoms with Crippen molar-refractivity contribution in [3.8, 4) is 11.4 Å². The molecule has 0 atom stereocenters. The van der Waals surface area contributed by atoms with Crippen molar-refractivity contribution >= 4 is 5.91 Å². The number of rotatable bonds is 4. The number of hydrogen-bond donors (Lipinski definition) is 0. The molecular formula is C17H21N3O2. The number of carbonyl (C=O) groups is 1. The predicted molar refractivity (Wildman–Crippen MR) is 83.0 cm³/mol. The van der Waals surface area contributed by atoms with E-state index in [0.717, 1.165) is 37.4 Å². The third kappa shape index (κ3) is 3.53. The topological polar surface area (TPSA) is 59.2 Å². The van der Waals surface area contributed by atoms with Crippen molar-refractivity contribution in [1.82, 2.24) is 15.0 Å². The number of nitrogens with zero attached hydrogens (tertiary/aromatic N) is 3. The molecule has 0 N–H and O–H groups in total. The van der Waals surface area contributed by atoms with Crippen molar-refractivity contribution in [2.45, 2.75) is 32.6 Å². The van der Waals surface area contributed by atoms with Gasteiger partial charge in [0.2, 0.25) is 17.6 Å². The Kier molecular flexibility index (Phi) is 4.51. The number of aromatic nitrogens is 2. The van der Waals surface area contributed by atoms with E-state index in [0.29, 0.717) is 24.6 Å². The van der Waals surface area contributed by atoms with Gasteiger partial charge in [-0.3, -0.25) is 4.79 Å². The maximum absolute atomic E-state index is 12.2. The van der Waals surface area contributed by atoms with Gasteiger partial charge in [0.05, 0.1) is 0 Å². The molecule has 1 fully saturated rings. The summed E-state index contributed by atoms with van der Waals surface area (Å²) in [5.41, 5.74) is 0.925. The van der Waals surface area contributed by atoms with Crippen LogP contribution >= 0.6 is 0 Å². The fraction of sp³-hybridized carbons (Fsp3) is 0.471. The first kappa shape index (κ1) is 14.8. The Labute approximate surface area is 130 Å². The zero-order valence-corrected chi connectivity index (χ0v) is 12.9. The van der Waals surface area contributed by atoms with Gasteiger partial charge in [0.15, 0.2) is 0 Å². The number of carbonyl (C=O) groups excluding carboxylic acids is 1. The summed E-state index contributed by atoms with van der Waals surface area (Å²) in [5, 5.41) is 3.98. The van der Waals surface area contributed by atoms with Crippen molar-refractivity contribution in [2.75, 3.05) is 13.1 Å². The molecule has 1 aromatic heterocycles. The summed E-state index contributed by atoms with van der Waals surface area (Å²) >= 11 is 0. The molecule has 0 spiro atoms. The van der Waals surface area contributed by atoms with E-state index in [-0.39, 0.29) is 5.91 Å². The molecule has 1 aromatic carbocycles. The Balaban J connectivity index is 1.54. The smallest absolute Gasteiger partial charge is 0.227 e. The third-order valence-corrected chi connectivity index (χ3v) is 4.19. The average Bonchev–Trinajstić information content (AvgIpc) is 3.03. The highest BCUT2D eigenvalue weighted by Gasteiger charge is 2.20. The number of piperidine rings is 1. The summed E-state index contributed by atoms with van der Waals surface area (Å²) in [6, 6.07) is 9.70. The molecule has 0 bridgehead atoms. The zero-order valence-electron chi connectivity index (χ0n) is 12.9.